The van der Waals surface area contributed by atoms with Crippen LogP contribution in [0.2, 0.25) is 0 Å². The van der Waals surface area contributed by atoms with Crippen LogP contribution in [0, 0.1) is 17.0 Å². The van der Waals surface area contributed by atoms with Crippen molar-refractivity contribution in [1.29, 1.82) is 0 Å². The number of carboxylic acid groups (broad SMARTS) is 1. The highest BCUT2D eigenvalue weighted by molar-refractivity contribution is 5.90. The Bertz CT molecular complexity index is 1640. The van der Waals surface area contributed by atoms with Gasteiger partial charge in [-0.25, -0.2) is 4.79 Å². The summed E-state index contributed by atoms with van der Waals surface area (Å²) >= 11 is 0. The second kappa shape index (κ2) is 10.3. The van der Waals surface area contributed by atoms with E-state index in [2.05, 4.69) is 22.4 Å². The number of hydrogen-bond acceptors (Lipinski definition) is 5. The molecule has 8 nitrogen and oxygen atoms in total. The van der Waals surface area contributed by atoms with Crippen molar-refractivity contribution in [3.05, 3.63) is 124 Å². The van der Waals surface area contributed by atoms with Crippen molar-refractivity contribution in [2.45, 2.75) is 6.92 Å². The van der Waals surface area contributed by atoms with E-state index >= 15 is 0 Å². The van der Waals surface area contributed by atoms with Crippen molar-refractivity contribution in [2.24, 2.45) is 0 Å². The molecule has 1 aromatic heterocycles. The first-order chi connectivity index (χ1) is 18.4. The van der Waals surface area contributed by atoms with Gasteiger partial charge in [0.15, 0.2) is 0 Å². The lowest BCUT2D eigenvalue weighted by molar-refractivity contribution is -0.383. The Morgan fingerprint density at radius 1 is 0.921 bits per heavy atom. The van der Waals surface area contributed by atoms with E-state index in [1.54, 1.807) is 36.4 Å². The van der Waals surface area contributed by atoms with E-state index in [9.17, 15) is 20.0 Å². The fraction of sp³-hybridized carbons (Fsp3) is 0.0333. The average molecular weight is 506 g/mol. The zero-order chi connectivity index (χ0) is 26.6. The molecule has 0 amide bonds. The molecular formula is C30H23N3O5. The number of nitrogens with zero attached hydrogens (tertiary/aromatic N) is 1. The van der Waals surface area contributed by atoms with E-state index in [4.69, 9.17) is 4.74 Å². The molecule has 0 unspecified atom stereocenters. The van der Waals surface area contributed by atoms with Crippen LogP contribution in [0.5, 0.6) is 11.5 Å². The van der Waals surface area contributed by atoms with E-state index < -0.39 is 10.9 Å². The molecule has 0 radical (unpaired) electrons. The summed E-state index contributed by atoms with van der Waals surface area (Å²) in [6, 6.07) is 29.0. The highest BCUT2D eigenvalue weighted by atomic mass is 16.6. The van der Waals surface area contributed by atoms with Crippen molar-refractivity contribution in [3.8, 4) is 33.9 Å². The molecule has 0 atom stereocenters. The summed E-state index contributed by atoms with van der Waals surface area (Å²) in [6.07, 6.45) is 1.41. The minimum Gasteiger partial charge on any atom is -0.478 e. The second-order valence-electron chi connectivity index (χ2n) is 8.66. The van der Waals surface area contributed by atoms with Gasteiger partial charge in [-0.1, -0.05) is 48.5 Å². The summed E-state index contributed by atoms with van der Waals surface area (Å²) in [5.74, 6) is 0.0490. The Morgan fingerprint density at radius 3 is 2.39 bits per heavy atom. The van der Waals surface area contributed by atoms with Crippen LogP contribution in [0.15, 0.2) is 103 Å². The summed E-state index contributed by atoms with van der Waals surface area (Å²) < 4.78 is 6.27. The van der Waals surface area contributed by atoms with Gasteiger partial charge in [-0.2, -0.15) is 0 Å². The summed E-state index contributed by atoms with van der Waals surface area (Å²) in [5, 5.41) is 23.9. The number of ether oxygens (including phenoxy) is 1. The SMILES string of the molecule is Cc1cc(Oc2ccc(Nc3ccccc3[N+](=O)[O-])cc2-c2cc(C(=O)O)c[nH]2)ccc1-c1ccccc1. The van der Waals surface area contributed by atoms with Gasteiger partial charge >= 0.3 is 5.97 Å². The molecule has 3 N–H and O–H groups in total. The fourth-order valence-corrected chi connectivity index (χ4v) is 4.24. The van der Waals surface area contributed by atoms with Crippen LogP contribution >= 0.6 is 0 Å². The molecule has 1 heterocycles. The van der Waals surface area contributed by atoms with Gasteiger partial charge in [-0.05, 0) is 66.1 Å². The molecule has 0 spiro atoms. The number of aryl methyl sites for hydroxylation is 1. The first-order valence-corrected chi connectivity index (χ1v) is 11.8. The average Bonchev–Trinajstić information content (AvgIpc) is 3.41. The van der Waals surface area contributed by atoms with Crippen molar-refractivity contribution < 1.29 is 19.6 Å². The molecule has 0 saturated carbocycles. The van der Waals surface area contributed by atoms with Gasteiger partial charge in [-0.15, -0.1) is 0 Å². The number of anilines is 2. The lowest BCUT2D eigenvalue weighted by Crippen LogP contribution is -1.98. The minimum atomic E-state index is -1.06. The van der Waals surface area contributed by atoms with Crippen LogP contribution in [-0.4, -0.2) is 21.0 Å². The second-order valence-corrected chi connectivity index (χ2v) is 8.66. The number of para-hydroxylation sites is 2. The molecule has 0 aliphatic carbocycles. The van der Waals surface area contributed by atoms with Crippen LogP contribution in [0.25, 0.3) is 22.4 Å². The van der Waals surface area contributed by atoms with Crippen molar-refractivity contribution >= 4 is 23.0 Å². The Morgan fingerprint density at radius 2 is 1.68 bits per heavy atom. The normalized spacial score (nSPS) is 10.7. The number of nitrogens with one attached hydrogen (secondary N) is 2. The van der Waals surface area contributed by atoms with Gasteiger partial charge in [0.05, 0.1) is 16.2 Å². The number of H-pyrrole nitrogens is 1. The maximum atomic E-state index is 11.5. The van der Waals surface area contributed by atoms with Crippen LogP contribution in [0.1, 0.15) is 15.9 Å². The molecule has 0 aliphatic heterocycles. The molecule has 4 aromatic carbocycles. The summed E-state index contributed by atoms with van der Waals surface area (Å²) in [4.78, 5) is 25.5. The number of aromatic nitrogens is 1. The molecule has 5 rings (SSSR count). The third kappa shape index (κ3) is 5.10. The number of nitro benzene ring substituents is 1. The van der Waals surface area contributed by atoms with Gasteiger partial charge in [0, 0.05) is 23.5 Å². The molecular weight excluding hydrogens is 482 g/mol. The first kappa shape index (κ1) is 24.3. The Labute approximate surface area is 218 Å². The van der Waals surface area contributed by atoms with Crippen molar-refractivity contribution in [2.75, 3.05) is 5.32 Å². The Hall–Kier alpha value is -5.37. The van der Waals surface area contributed by atoms with Crippen molar-refractivity contribution in [3.63, 3.8) is 0 Å². The third-order valence-corrected chi connectivity index (χ3v) is 6.09. The highest BCUT2D eigenvalue weighted by Gasteiger charge is 2.17. The Balaban J connectivity index is 1.51. The monoisotopic (exact) mass is 505 g/mol. The molecule has 0 bridgehead atoms. The number of rotatable bonds is 8. The Kier molecular flexibility index (Phi) is 6.61. The van der Waals surface area contributed by atoms with Gasteiger partial charge in [0.2, 0.25) is 0 Å². The topological polar surface area (TPSA) is 117 Å². The summed E-state index contributed by atoms with van der Waals surface area (Å²) in [5.41, 5.74) is 5.31. The molecule has 38 heavy (non-hydrogen) atoms. The van der Waals surface area contributed by atoms with E-state index in [-0.39, 0.29) is 11.3 Å². The van der Waals surface area contributed by atoms with Gasteiger partial charge in [0.25, 0.3) is 5.69 Å². The van der Waals surface area contributed by atoms with Crippen LogP contribution in [0.3, 0.4) is 0 Å². The zero-order valence-corrected chi connectivity index (χ0v) is 20.3. The highest BCUT2D eigenvalue weighted by Crippen LogP contribution is 2.38. The van der Waals surface area contributed by atoms with E-state index in [1.165, 1.54) is 18.3 Å². The fourth-order valence-electron chi connectivity index (χ4n) is 4.24. The number of benzene rings is 4. The van der Waals surface area contributed by atoms with Gasteiger partial charge in [-0.3, -0.25) is 10.1 Å². The molecule has 5 aromatic rings. The zero-order valence-electron chi connectivity index (χ0n) is 20.3. The van der Waals surface area contributed by atoms with Crippen LogP contribution < -0.4 is 10.1 Å². The van der Waals surface area contributed by atoms with Gasteiger partial charge < -0.3 is 20.1 Å². The lowest BCUT2D eigenvalue weighted by Gasteiger charge is -2.15. The van der Waals surface area contributed by atoms with Crippen LogP contribution in [-0.2, 0) is 0 Å². The number of aromatic amines is 1. The number of aromatic carboxylic acids is 1. The van der Waals surface area contributed by atoms with Crippen LogP contribution in [0.4, 0.5) is 17.1 Å². The van der Waals surface area contributed by atoms with Gasteiger partial charge in [0.1, 0.15) is 17.2 Å². The van der Waals surface area contributed by atoms with Crippen molar-refractivity contribution in [1.82, 2.24) is 4.98 Å². The number of carbonyl (C=O) groups is 1. The summed E-state index contributed by atoms with van der Waals surface area (Å²) in [7, 11) is 0. The third-order valence-electron chi connectivity index (χ3n) is 6.09. The quantitative estimate of drug-likeness (QED) is 0.146. The largest absolute Gasteiger partial charge is 0.478 e. The number of hydrogen-bond donors (Lipinski definition) is 3. The maximum Gasteiger partial charge on any atom is 0.337 e. The standard InChI is InChI=1S/C30H23N3O5/c1-19-15-23(12-13-24(19)20-7-3-2-4-8-20)38-29-14-11-22(32-26-9-5-6-10-28(26)33(36)37)17-25(29)27-16-21(18-31-27)30(34)35/h2-18,31-32H,1H3,(H,34,35). The van der Waals surface area contributed by atoms with E-state index in [0.717, 1.165) is 16.7 Å². The predicted molar refractivity (Wildman–Crippen MR) is 146 cm³/mol. The molecule has 0 saturated heterocycles. The van der Waals surface area contributed by atoms with E-state index in [1.807, 2.05) is 43.3 Å². The minimum absolute atomic E-state index is 0.0589. The molecule has 8 heteroatoms. The smallest absolute Gasteiger partial charge is 0.337 e. The number of nitro groups is 1. The molecule has 0 fully saturated rings. The summed E-state index contributed by atoms with van der Waals surface area (Å²) in [6.45, 7) is 2.01. The maximum absolute atomic E-state index is 11.5. The molecule has 0 aliphatic rings. The lowest BCUT2D eigenvalue weighted by atomic mass is 10.0. The number of carboxylic acids is 1. The predicted octanol–water partition coefficient (Wildman–Crippen LogP) is 7.80. The first-order valence-electron chi connectivity index (χ1n) is 11.8. The molecule has 188 valence electrons. The van der Waals surface area contributed by atoms with E-state index in [0.29, 0.717) is 34.1 Å².